The van der Waals surface area contributed by atoms with Gasteiger partial charge in [-0.2, -0.15) is 4.98 Å². The number of nitrogens with zero attached hydrogens (tertiary/aromatic N) is 4. The van der Waals surface area contributed by atoms with E-state index in [0.717, 1.165) is 30.2 Å². The maximum absolute atomic E-state index is 5.64. The molecule has 26 heavy (non-hydrogen) atoms. The molecular formula is C20H23N5O. The van der Waals surface area contributed by atoms with Crippen LogP contribution in [0.2, 0.25) is 0 Å². The Morgan fingerprint density at radius 1 is 1.04 bits per heavy atom. The van der Waals surface area contributed by atoms with Gasteiger partial charge in [0.1, 0.15) is 11.6 Å². The van der Waals surface area contributed by atoms with E-state index in [0.29, 0.717) is 12.6 Å². The Balaban J connectivity index is 1.68. The minimum atomic E-state index is 0.547. The van der Waals surface area contributed by atoms with Crippen LogP contribution < -0.4 is 15.0 Å². The van der Waals surface area contributed by atoms with Gasteiger partial charge in [0.15, 0.2) is 0 Å². The second-order valence-corrected chi connectivity index (χ2v) is 5.82. The summed E-state index contributed by atoms with van der Waals surface area (Å²) in [7, 11) is 2.03. The predicted molar refractivity (Wildman–Crippen MR) is 104 cm³/mol. The molecule has 0 unspecified atom stereocenters. The molecule has 0 saturated carbocycles. The molecule has 0 fully saturated rings. The summed E-state index contributed by atoms with van der Waals surface area (Å²) in [6.45, 7) is 3.43. The molecule has 1 aromatic carbocycles. The molecule has 0 aliphatic rings. The molecule has 134 valence electrons. The quantitative estimate of drug-likeness (QED) is 0.669. The summed E-state index contributed by atoms with van der Waals surface area (Å²) in [5.74, 6) is 2.20. The van der Waals surface area contributed by atoms with Crippen LogP contribution in [0.15, 0.2) is 61.1 Å². The number of hydrogen-bond donors (Lipinski definition) is 1. The van der Waals surface area contributed by atoms with Gasteiger partial charge in [0.2, 0.25) is 5.95 Å². The van der Waals surface area contributed by atoms with Crippen LogP contribution >= 0.6 is 0 Å². The van der Waals surface area contributed by atoms with Crippen molar-refractivity contribution in [2.45, 2.75) is 13.3 Å². The van der Waals surface area contributed by atoms with E-state index in [1.54, 1.807) is 6.20 Å². The van der Waals surface area contributed by atoms with Gasteiger partial charge in [-0.15, -0.1) is 0 Å². The topological polar surface area (TPSA) is 63.2 Å². The number of nitrogens with one attached hydrogen (secondary N) is 1. The number of benzene rings is 1. The molecular weight excluding hydrogens is 326 g/mol. The van der Waals surface area contributed by atoms with Crippen LogP contribution in [0.25, 0.3) is 0 Å². The standard InChI is InChI=1S/C20H23N5O/c1-3-26-18-7-5-4-6-17(18)23-20-22-14-10-19(24-20)25(2)15-11-16-8-12-21-13-9-16/h4-10,12-14H,3,11,15H2,1-2H3,(H,22,23,24). The zero-order valence-electron chi connectivity index (χ0n) is 15.1. The van der Waals surface area contributed by atoms with Crippen molar-refractivity contribution in [1.82, 2.24) is 15.0 Å². The van der Waals surface area contributed by atoms with Crippen LogP contribution in [0.5, 0.6) is 5.75 Å². The third-order valence-electron chi connectivity index (χ3n) is 3.95. The predicted octanol–water partition coefficient (Wildman–Crippen LogP) is 3.69. The average molecular weight is 349 g/mol. The number of para-hydroxylation sites is 2. The minimum absolute atomic E-state index is 0.547. The Morgan fingerprint density at radius 2 is 1.85 bits per heavy atom. The fraction of sp³-hybridized carbons (Fsp3) is 0.250. The van der Waals surface area contributed by atoms with Crippen LogP contribution in [0, 0.1) is 0 Å². The number of rotatable bonds is 8. The van der Waals surface area contributed by atoms with Gasteiger partial charge in [-0.05, 0) is 49.2 Å². The molecule has 3 rings (SSSR count). The van der Waals surface area contributed by atoms with E-state index in [2.05, 4.69) is 25.2 Å². The van der Waals surface area contributed by atoms with E-state index in [-0.39, 0.29) is 0 Å². The van der Waals surface area contributed by atoms with Crippen molar-refractivity contribution in [3.05, 3.63) is 66.6 Å². The summed E-state index contributed by atoms with van der Waals surface area (Å²) in [5, 5.41) is 3.24. The van der Waals surface area contributed by atoms with Gasteiger partial charge in [0.25, 0.3) is 0 Å². The summed E-state index contributed by atoms with van der Waals surface area (Å²) in [4.78, 5) is 15.1. The lowest BCUT2D eigenvalue weighted by Crippen LogP contribution is -2.21. The van der Waals surface area contributed by atoms with Gasteiger partial charge in [0, 0.05) is 32.2 Å². The van der Waals surface area contributed by atoms with E-state index in [1.165, 1.54) is 5.56 Å². The maximum Gasteiger partial charge on any atom is 0.229 e. The van der Waals surface area contributed by atoms with Crippen molar-refractivity contribution < 1.29 is 4.74 Å². The summed E-state index contributed by atoms with van der Waals surface area (Å²) in [6.07, 6.45) is 6.32. The molecule has 2 aromatic heterocycles. The molecule has 0 spiro atoms. The molecule has 2 heterocycles. The Bertz CT molecular complexity index is 825. The summed E-state index contributed by atoms with van der Waals surface area (Å²) < 4.78 is 5.64. The first-order chi connectivity index (χ1) is 12.8. The minimum Gasteiger partial charge on any atom is -0.492 e. The van der Waals surface area contributed by atoms with Crippen LogP contribution in [0.4, 0.5) is 17.5 Å². The molecule has 0 atom stereocenters. The van der Waals surface area contributed by atoms with Crippen molar-refractivity contribution in [3.8, 4) is 5.75 Å². The van der Waals surface area contributed by atoms with Gasteiger partial charge in [-0.25, -0.2) is 4.98 Å². The molecule has 0 amide bonds. The highest BCUT2D eigenvalue weighted by Gasteiger charge is 2.08. The van der Waals surface area contributed by atoms with Crippen molar-refractivity contribution in [2.75, 3.05) is 30.4 Å². The number of ether oxygens (including phenoxy) is 1. The second-order valence-electron chi connectivity index (χ2n) is 5.82. The Hall–Kier alpha value is -3.15. The van der Waals surface area contributed by atoms with Gasteiger partial charge in [-0.3, -0.25) is 4.98 Å². The third-order valence-corrected chi connectivity index (χ3v) is 3.95. The molecule has 0 radical (unpaired) electrons. The van der Waals surface area contributed by atoms with Crippen LogP contribution in [0.1, 0.15) is 12.5 Å². The Kier molecular flexibility index (Phi) is 5.98. The van der Waals surface area contributed by atoms with Crippen molar-refractivity contribution >= 4 is 17.5 Å². The second kappa shape index (κ2) is 8.80. The van der Waals surface area contributed by atoms with E-state index in [9.17, 15) is 0 Å². The molecule has 6 nitrogen and oxygen atoms in total. The molecule has 0 bridgehead atoms. The molecule has 3 aromatic rings. The van der Waals surface area contributed by atoms with Crippen LogP contribution in [-0.2, 0) is 6.42 Å². The zero-order valence-corrected chi connectivity index (χ0v) is 15.1. The van der Waals surface area contributed by atoms with E-state index < -0.39 is 0 Å². The van der Waals surface area contributed by atoms with Crippen LogP contribution in [0.3, 0.4) is 0 Å². The van der Waals surface area contributed by atoms with Gasteiger partial charge < -0.3 is 15.0 Å². The lowest BCUT2D eigenvalue weighted by molar-refractivity contribution is 0.342. The van der Waals surface area contributed by atoms with Gasteiger partial charge in [-0.1, -0.05) is 12.1 Å². The summed E-state index contributed by atoms with van der Waals surface area (Å²) in [6, 6.07) is 13.8. The first-order valence-corrected chi connectivity index (χ1v) is 8.68. The molecule has 6 heteroatoms. The monoisotopic (exact) mass is 349 g/mol. The fourth-order valence-corrected chi connectivity index (χ4v) is 2.55. The number of likely N-dealkylation sites (N-methyl/N-ethyl adjacent to an activating group) is 1. The first-order valence-electron chi connectivity index (χ1n) is 8.68. The first kappa shape index (κ1) is 17.7. The number of hydrogen-bond acceptors (Lipinski definition) is 6. The number of aromatic nitrogens is 3. The SMILES string of the molecule is CCOc1ccccc1Nc1nccc(N(C)CCc2ccncc2)n1. The lowest BCUT2D eigenvalue weighted by atomic mass is 10.2. The maximum atomic E-state index is 5.64. The molecule has 0 aliphatic heterocycles. The lowest BCUT2D eigenvalue weighted by Gasteiger charge is -2.19. The Labute approximate surface area is 153 Å². The average Bonchev–Trinajstić information content (AvgIpc) is 2.69. The molecule has 1 N–H and O–H groups in total. The van der Waals surface area contributed by atoms with Gasteiger partial charge in [0.05, 0.1) is 12.3 Å². The van der Waals surface area contributed by atoms with Crippen molar-refractivity contribution in [1.29, 1.82) is 0 Å². The largest absolute Gasteiger partial charge is 0.492 e. The highest BCUT2D eigenvalue weighted by atomic mass is 16.5. The van der Waals surface area contributed by atoms with Crippen molar-refractivity contribution in [2.24, 2.45) is 0 Å². The third kappa shape index (κ3) is 4.69. The van der Waals surface area contributed by atoms with Crippen LogP contribution in [-0.4, -0.2) is 35.2 Å². The normalized spacial score (nSPS) is 10.4. The smallest absolute Gasteiger partial charge is 0.229 e. The van der Waals surface area contributed by atoms with E-state index in [1.807, 2.05) is 68.8 Å². The zero-order chi connectivity index (χ0) is 18.2. The summed E-state index contributed by atoms with van der Waals surface area (Å²) >= 11 is 0. The highest BCUT2D eigenvalue weighted by molar-refractivity contribution is 5.63. The highest BCUT2D eigenvalue weighted by Crippen LogP contribution is 2.26. The summed E-state index contributed by atoms with van der Waals surface area (Å²) in [5.41, 5.74) is 2.11. The Morgan fingerprint density at radius 3 is 2.65 bits per heavy atom. The molecule has 0 saturated heterocycles. The molecule has 0 aliphatic carbocycles. The van der Waals surface area contributed by atoms with Gasteiger partial charge >= 0.3 is 0 Å². The van der Waals surface area contributed by atoms with E-state index in [4.69, 9.17) is 4.74 Å². The van der Waals surface area contributed by atoms with Crippen molar-refractivity contribution in [3.63, 3.8) is 0 Å². The van der Waals surface area contributed by atoms with E-state index >= 15 is 0 Å². The number of anilines is 3. The fourth-order valence-electron chi connectivity index (χ4n) is 2.55. The number of pyridine rings is 1.